The summed E-state index contributed by atoms with van der Waals surface area (Å²) in [6, 6.07) is 2.63. The van der Waals surface area contributed by atoms with Gasteiger partial charge in [0.05, 0.1) is 18.5 Å². The molecule has 0 aliphatic carbocycles. The summed E-state index contributed by atoms with van der Waals surface area (Å²) in [5.41, 5.74) is -0.255. The molecule has 2 rings (SSSR count). The second-order valence-electron chi connectivity index (χ2n) is 4.52. The second kappa shape index (κ2) is 5.14. The number of ether oxygens (including phenoxy) is 1. The van der Waals surface area contributed by atoms with Crippen LogP contribution in [0.2, 0.25) is 0 Å². The van der Waals surface area contributed by atoms with E-state index in [2.05, 4.69) is 10.3 Å². The lowest BCUT2D eigenvalue weighted by molar-refractivity contribution is -0.141. The molecule has 2 unspecified atom stereocenters. The summed E-state index contributed by atoms with van der Waals surface area (Å²) >= 11 is 0. The zero-order valence-corrected chi connectivity index (χ0v) is 10.00. The standard InChI is InChI=1S/C12H15F3N2O/c1-8-7-18-5-4-10(8)17-9-2-3-11(16-6-9)12(13,14)15/h2-3,6,8,10,17H,4-5,7H2,1H3. The molecule has 1 aliphatic rings. The number of anilines is 1. The molecule has 0 radical (unpaired) electrons. The first kappa shape index (κ1) is 13.1. The SMILES string of the molecule is CC1COCCC1Nc1ccc(C(F)(F)F)nc1. The first-order valence-electron chi connectivity index (χ1n) is 5.84. The minimum Gasteiger partial charge on any atom is -0.381 e. The highest BCUT2D eigenvalue weighted by molar-refractivity contribution is 5.42. The molecule has 1 saturated heterocycles. The third-order valence-electron chi connectivity index (χ3n) is 3.05. The lowest BCUT2D eigenvalue weighted by Crippen LogP contribution is -2.35. The van der Waals surface area contributed by atoms with E-state index in [1.54, 1.807) is 0 Å². The van der Waals surface area contributed by atoms with Gasteiger partial charge in [-0.2, -0.15) is 13.2 Å². The monoisotopic (exact) mass is 260 g/mol. The van der Waals surface area contributed by atoms with E-state index in [9.17, 15) is 13.2 Å². The molecule has 0 aromatic carbocycles. The summed E-state index contributed by atoms with van der Waals surface area (Å²) in [5, 5.41) is 3.20. The molecule has 1 aliphatic heterocycles. The van der Waals surface area contributed by atoms with Crippen LogP contribution in [0.5, 0.6) is 0 Å². The van der Waals surface area contributed by atoms with Gasteiger partial charge in [-0.15, -0.1) is 0 Å². The highest BCUT2D eigenvalue weighted by Gasteiger charge is 2.32. The van der Waals surface area contributed by atoms with Crippen molar-refractivity contribution >= 4 is 5.69 Å². The number of nitrogens with one attached hydrogen (secondary N) is 1. The van der Waals surface area contributed by atoms with E-state index in [0.717, 1.165) is 12.5 Å². The van der Waals surface area contributed by atoms with Gasteiger partial charge < -0.3 is 10.1 Å². The minimum atomic E-state index is -4.38. The fourth-order valence-corrected chi connectivity index (χ4v) is 1.96. The number of alkyl halides is 3. The quantitative estimate of drug-likeness (QED) is 0.887. The van der Waals surface area contributed by atoms with Crippen molar-refractivity contribution in [1.82, 2.24) is 4.98 Å². The van der Waals surface area contributed by atoms with Crippen LogP contribution < -0.4 is 5.32 Å². The Morgan fingerprint density at radius 3 is 2.72 bits per heavy atom. The van der Waals surface area contributed by atoms with E-state index in [1.165, 1.54) is 12.3 Å². The Balaban J connectivity index is 2.02. The van der Waals surface area contributed by atoms with Crippen molar-refractivity contribution in [2.75, 3.05) is 18.5 Å². The van der Waals surface area contributed by atoms with Crippen LogP contribution >= 0.6 is 0 Å². The molecule has 1 N–H and O–H groups in total. The number of hydrogen-bond donors (Lipinski definition) is 1. The molecular formula is C12H15F3N2O. The summed E-state index contributed by atoms with van der Waals surface area (Å²) in [4.78, 5) is 3.42. The average Bonchev–Trinajstić information content (AvgIpc) is 2.32. The minimum absolute atomic E-state index is 0.220. The molecule has 6 heteroatoms. The number of nitrogens with zero attached hydrogens (tertiary/aromatic N) is 1. The molecule has 1 aromatic rings. The molecule has 0 saturated carbocycles. The van der Waals surface area contributed by atoms with E-state index < -0.39 is 11.9 Å². The fraction of sp³-hybridized carbons (Fsp3) is 0.583. The molecule has 1 aromatic heterocycles. The highest BCUT2D eigenvalue weighted by atomic mass is 19.4. The first-order valence-corrected chi connectivity index (χ1v) is 5.84. The van der Waals surface area contributed by atoms with Crippen molar-refractivity contribution in [3.8, 4) is 0 Å². The largest absolute Gasteiger partial charge is 0.433 e. The Bertz CT molecular complexity index is 391. The summed E-state index contributed by atoms with van der Waals surface area (Å²) in [6.07, 6.45) is -2.31. The van der Waals surface area contributed by atoms with E-state index in [-0.39, 0.29) is 6.04 Å². The first-order chi connectivity index (χ1) is 8.47. The zero-order valence-electron chi connectivity index (χ0n) is 10.00. The van der Waals surface area contributed by atoms with E-state index in [1.807, 2.05) is 6.92 Å². The molecule has 0 bridgehead atoms. The van der Waals surface area contributed by atoms with Gasteiger partial charge in [-0.3, -0.25) is 0 Å². The van der Waals surface area contributed by atoms with Gasteiger partial charge in [0.1, 0.15) is 5.69 Å². The molecule has 2 atom stereocenters. The Labute approximate surface area is 103 Å². The average molecular weight is 260 g/mol. The number of hydrogen-bond acceptors (Lipinski definition) is 3. The maximum atomic E-state index is 12.3. The number of pyridine rings is 1. The van der Waals surface area contributed by atoms with E-state index in [0.29, 0.717) is 24.8 Å². The third-order valence-corrected chi connectivity index (χ3v) is 3.05. The van der Waals surface area contributed by atoms with Gasteiger partial charge in [0.15, 0.2) is 0 Å². The zero-order chi connectivity index (χ0) is 13.2. The summed E-state index contributed by atoms with van der Waals surface area (Å²) < 4.78 is 42.3. The van der Waals surface area contributed by atoms with Crippen molar-refractivity contribution in [3.05, 3.63) is 24.0 Å². The molecule has 3 nitrogen and oxygen atoms in total. The molecule has 2 heterocycles. The van der Waals surface area contributed by atoms with Crippen LogP contribution in [0.25, 0.3) is 0 Å². The smallest absolute Gasteiger partial charge is 0.381 e. The Morgan fingerprint density at radius 2 is 2.17 bits per heavy atom. The van der Waals surface area contributed by atoms with Gasteiger partial charge in [0, 0.05) is 12.6 Å². The van der Waals surface area contributed by atoms with Gasteiger partial charge in [-0.25, -0.2) is 4.98 Å². The normalized spacial score (nSPS) is 24.9. The second-order valence-corrected chi connectivity index (χ2v) is 4.52. The fourth-order valence-electron chi connectivity index (χ4n) is 1.96. The van der Waals surface area contributed by atoms with Crippen LogP contribution in [0.4, 0.5) is 18.9 Å². The van der Waals surface area contributed by atoms with E-state index >= 15 is 0 Å². The van der Waals surface area contributed by atoms with E-state index in [4.69, 9.17) is 4.74 Å². The van der Waals surface area contributed by atoms with Gasteiger partial charge in [-0.05, 0) is 24.5 Å². The summed E-state index contributed by atoms with van der Waals surface area (Å²) in [5.74, 6) is 0.334. The van der Waals surface area contributed by atoms with Gasteiger partial charge in [0.2, 0.25) is 0 Å². The lowest BCUT2D eigenvalue weighted by Gasteiger charge is -2.30. The number of aromatic nitrogens is 1. The van der Waals surface area contributed by atoms with Crippen LogP contribution in [0.15, 0.2) is 18.3 Å². The van der Waals surface area contributed by atoms with Crippen LogP contribution in [0, 0.1) is 5.92 Å². The van der Waals surface area contributed by atoms with Gasteiger partial charge in [0.25, 0.3) is 0 Å². The Hall–Kier alpha value is -1.30. The summed E-state index contributed by atoms with van der Waals surface area (Å²) in [6.45, 7) is 3.40. The van der Waals surface area contributed by atoms with Gasteiger partial charge in [-0.1, -0.05) is 6.92 Å². The molecule has 0 amide bonds. The van der Waals surface area contributed by atoms with Crippen molar-refractivity contribution in [2.24, 2.45) is 5.92 Å². The van der Waals surface area contributed by atoms with Crippen LogP contribution in [0.1, 0.15) is 19.0 Å². The highest BCUT2D eigenvalue weighted by Crippen LogP contribution is 2.28. The predicted molar refractivity (Wildman–Crippen MR) is 61.2 cm³/mol. The van der Waals surface area contributed by atoms with Crippen molar-refractivity contribution in [1.29, 1.82) is 0 Å². The third kappa shape index (κ3) is 3.13. The maximum absolute atomic E-state index is 12.3. The molecule has 18 heavy (non-hydrogen) atoms. The molecule has 100 valence electrons. The van der Waals surface area contributed by atoms with Gasteiger partial charge >= 0.3 is 6.18 Å². The number of rotatable bonds is 2. The lowest BCUT2D eigenvalue weighted by atomic mass is 9.98. The van der Waals surface area contributed by atoms with Crippen LogP contribution in [-0.4, -0.2) is 24.2 Å². The van der Waals surface area contributed by atoms with Crippen molar-refractivity contribution in [3.63, 3.8) is 0 Å². The topological polar surface area (TPSA) is 34.1 Å². The Morgan fingerprint density at radius 1 is 1.39 bits per heavy atom. The molecule has 0 spiro atoms. The maximum Gasteiger partial charge on any atom is 0.433 e. The Kier molecular flexibility index (Phi) is 3.75. The van der Waals surface area contributed by atoms with Crippen molar-refractivity contribution in [2.45, 2.75) is 25.6 Å². The van der Waals surface area contributed by atoms with Crippen molar-refractivity contribution < 1.29 is 17.9 Å². The summed E-state index contributed by atoms with van der Waals surface area (Å²) in [7, 11) is 0. The van der Waals surface area contributed by atoms with Crippen LogP contribution in [0.3, 0.4) is 0 Å². The molecular weight excluding hydrogens is 245 g/mol. The molecule has 1 fully saturated rings. The van der Waals surface area contributed by atoms with Crippen LogP contribution in [-0.2, 0) is 10.9 Å². The predicted octanol–water partition coefficient (Wildman–Crippen LogP) is 2.94. The number of halogens is 3.